The summed E-state index contributed by atoms with van der Waals surface area (Å²) in [5.74, 6) is -0.146. The van der Waals surface area contributed by atoms with Crippen molar-refractivity contribution in [3.63, 3.8) is 0 Å². The summed E-state index contributed by atoms with van der Waals surface area (Å²) < 4.78 is 2.75. The number of nitrogens with zero attached hydrogens (tertiary/aromatic N) is 5. The summed E-state index contributed by atoms with van der Waals surface area (Å²) >= 11 is 0. The van der Waals surface area contributed by atoms with Crippen LogP contribution in [0.4, 0.5) is 0 Å². The molecule has 1 amide bonds. The topological polar surface area (TPSA) is 105 Å². The van der Waals surface area contributed by atoms with Crippen LogP contribution in [0.1, 0.15) is 44.5 Å². The summed E-state index contributed by atoms with van der Waals surface area (Å²) in [7, 11) is 0. The molecule has 1 saturated heterocycles. The molecule has 0 radical (unpaired) electrons. The van der Waals surface area contributed by atoms with E-state index in [9.17, 15) is 14.4 Å². The summed E-state index contributed by atoms with van der Waals surface area (Å²) in [6.07, 6.45) is 3.68. The zero-order chi connectivity index (χ0) is 20.8. The monoisotopic (exact) mass is 396 g/mol. The molecule has 0 saturated carbocycles. The minimum Gasteiger partial charge on any atom is -0.340 e. The summed E-state index contributed by atoms with van der Waals surface area (Å²) in [5, 5.41) is 3.12. The molecule has 9 nitrogen and oxygen atoms in total. The van der Waals surface area contributed by atoms with E-state index in [-0.39, 0.29) is 29.3 Å². The van der Waals surface area contributed by atoms with E-state index in [1.54, 1.807) is 23.2 Å². The molecule has 152 valence electrons. The summed E-state index contributed by atoms with van der Waals surface area (Å²) in [5.41, 5.74) is 1.49. The first kappa shape index (κ1) is 19.1. The fourth-order valence-corrected chi connectivity index (χ4v) is 3.58. The Balaban J connectivity index is 1.53. The van der Waals surface area contributed by atoms with Gasteiger partial charge in [0.25, 0.3) is 5.56 Å². The number of aromatic nitrogens is 5. The number of rotatable bonds is 3. The van der Waals surface area contributed by atoms with Crippen LogP contribution in [0, 0.1) is 0 Å². The van der Waals surface area contributed by atoms with E-state index in [1.807, 2.05) is 6.07 Å². The molecule has 0 spiro atoms. The highest BCUT2D eigenvalue weighted by atomic mass is 16.2. The van der Waals surface area contributed by atoms with Crippen molar-refractivity contribution in [3.8, 4) is 0 Å². The van der Waals surface area contributed by atoms with Crippen LogP contribution < -0.4 is 11.2 Å². The van der Waals surface area contributed by atoms with Crippen molar-refractivity contribution in [2.45, 2.75) is 45.1 Å². The number of carbonyl (C=O) groups is 1. The lowest BCUT2D eigenvalue weighted by Crippen LogP contribution is -2.35. The van der Waals surface area contributed by atoms with Crippen molar-refractivity contribution in [2.75, 3.05) is 13.1 Å². The second-order valence-corrected chi connectivity index (χ2v) is 8.49. The Bertz CT molecular complexity index is 1180. The van der Waals surface area contributed by atoms with Crippen molar-refractivity contribution in [2.24, 2.45) is 0 Å². The van der Waals surface area contributed by atoms with Crippen molar-refractivity contribution in [3.05, 3.63) is 62.8 Å². The van der Waals surface area contributed by atoms with Gasteiger partial charge in [-0.2, -0.15) is 0 Å². The first-order valence-corrected chi connectivity index (χ1v) is 9.65. The lowest BCUT2D eigenvalue weighted by molar-refractivity contribution is -0.130. The van der Waals surface area contributed by atoms with Gasteiger partial charge >= 0.3 is 5.69 Å². The number of H-pyrrole nitrogens is 1. The Labute approximate surface area is 167 Å². The molecule has 1 fully saturated rings. The second-order valence-electron chi connectivity index (χ2n) is 8.49. The van der Waals surface area contributed by atoms with E-state index in [2.05, 4.69) is 35.8 Å². The minimum absolute atomic E-state index is 0.00439. The summed E-state index contributed by atoms with van der Waals surface area (Å²) in [6, 6.07) is 5.06. The van der Waals surface area contributed by atoms with Gasteiger partial charge in [0.15, 0.2) is 5.65 Å². The number of amides is 1. The summed E-state index contributed by atoms with van der Waals surface area (Å²) in [6.45, 7) is 7.21. The Morgan fingerprint density at radius 2 is 2.07 bits per heavy atom. The van der Waals surface area contributed by atoms with Gasteiger partial charge in [0.2, 0.25) is 5.91 Å². The van der Waals surface area contributed by atoms with Crippen LogP contribution in [0.15, 0.2) is 40.2 Å². The number of hydrogen-bond acceptors (Lipinski definition) is 5. The van der Waals surface area contributed by atoms with Gasteiger partial charge in [-0.1, -0.05) is 20.8 Å². The van der Waals surface area contributed by atoms with Gasteiger partial charge in [-0.25, -0.2) is 19.3 Å². The molecule has 9 heteroatoms. The van der Waals surface area contributed by atoms with E-state index < -0.39 is 5.69 Å². The van der Waals surface area contributed by atoms with Crippen LogP contribution in [-0.4, -0.2) is 48.0 Å². The lowest BCUT2D eigenvalue weighted by Gasteiger charge is -2.17. The Morgan fingerprint density at radius 3 is 2.79 bits per heavy atom. The van der Waals surface area contributed by atoms with E-state index in [1.165, 1.54) is 15.3 Å². The van der Waals surface area contributed by atoms with Gasteiger partial charge in [0.1, 0.15) is 6.54 Å². The lowest BCUT2D eigenvalue weighted by atomic mass is 9.93. The molecule has 1 aliphatic heterocycles. The number of fused-ring (bicyclic) bond motifs is 1. The quantitative estimate of drug-likeness (QED) is 0.708. The molecule has 1 unspecified atom stereocenters. The van der Waals surface area contributed by atoms with Gasteiger partial charge < -0.3 is 4.90 Å². The summed E-state index contributed by atoms with van der Waals surface area (Å²) in [4.78, 5) is 46.9. The van der Waals surface area contributed by atoms with Gasteiger partial charge in [0, 0.05) is 54.6 Å². The number of carbonyl (C=O) groups excluding carboxylic acids is 1. The third kappa shape index (κ3) is 3.72. The van der Waals surface area contributed by atoms with Crippen LogP contribution in [0.3, 0.4) is 0 Å². The molecule has 1 aliphatic rings. The molecule has 0 aliphatic carbocycles. The van der Waals surface area contributed by atoms with Gasteiger partial charge in [0.05, 0.1) is 5.69 Å². The molecule has 29 heavy (non-hydrogen) atoms. The van der Waals surface area contributed by atoms with Crippen molar-refractivity contribution < 1.29 is 4.79 Å². The normalized spacial score (nSPS) is 17.2. The van der Waals surface area contributed by atoms with Crippen molar-refractivity contribution in [1.82, 2.24) is 29.0 Å². The minimum atomic E-state index is -0.446. The van der Waals surface area contributed by atoms with Gasteiger partial charge in [-0.05, 0) is 12.5 Å². The van der Waals surface area contributed by atoms with Crippen LogP contribution in [0.25, 0.3) is 5.65 Å². The maximum absolute atomic E-state index is 12.6. The molecule has 4 rings (SSSR count). The molecule has 0 bridgehead atoms. The molecular formula is C20H24N6O3. The number of aromatic amines is 1. The van der Waals surface area contributed by atoms with E-state index in [0.29, 0.717) is 24.4 Å². The Hall–Kier alpha value is -3.23. The molecule has 0 aromatic carbocycles. The fourth-order valence-electron chi connectivity index (χ4n) is 3.58. The van der Waals surface area contributed by atoms with E-state index in [0.717, 1.165) is 12.1 Å². The predicted octanol–water partition coefficient (Wildman–Crippen LogP) is 0.893. The van der Waals surface area contributed by atoms with Crippen molar-refractivity contribution in [1.29, 1.82) is 0 Å². The highest BCUT2D eigenvalue weighted by molar-refractivity contribution is 5.76. The Kier molecular flexibility index (Phi) is 4.60. The zero-order valence-electron chi connectivity index (χ0n) is 16.8. The first-order valence-electron chi connectivity index (χ1n) is 9.65. The maximum atomic E-state index is 12.6. The highest BCUT2D eigenvalue weighted by Gasteiger charge is 2.29. The fraction of sp³-hybridized carbons (Fsp3) is 0.450. The molecule has 1 N–H and O–H groups in total. The standard InChI is InChI=1S/C20H24N6O3/c1-20(2,3)15-10-16-22-14(9-17(27)26(16)23-15)13-5-8-24(11-13)18(28)12-25-7-4-6-21-19(25)29/h4,6-7,9-10,13,23H,5,8,11-12H2,1-3H3. The molecule has 3 aromatic heterocycles. The third-order valence-corrected chi connectivity index (χ3v) is 5.33. The largest absolute Gasteiger partial charge is 0.347 e. The molecular weight excluding hydrogens is 372 g/mol. The van der Waals surface area contributed by atoms with Crippen LogP contribution in [0.5, 0.6) is 0 Å². The van der Waals surface area contributed by atoms with Crippen LogP contribution in [0.2, 0.25) is 0 Å². The molecule has 1 atom stereocenters. The average molecular weight is 396 g/mol. The van der Waals surface area contributed by atoms with Crippen LogP contribution >= 0.6 is 0 Å². The smallest absolute Gasteiger partial charge is 0.340 e. The second kappa shape index (κ2) is 6.98. The molecule has 3 aromatic rings. The van der Waals surface area contributed by atoms with Gasteiger partial charge in [-0.3, -0.25) is 19.3 Å². The third-order valence-electron chi connectivity index (χ3n) is 5.33. The molecule has 4 heterocycles. The SMILES string of the molecule is CC(C)(C)c1cc2nc(C3CCN(C(=O)Cn4cccnc4=O)C3)cc(=O)n2[nH]1. The van der Waals surface area contributed by atoms with Crippen molar-refractivity contribution >= 4 is 11.6 Å². The van der Waals surface area contributed by atoms with E-state index >= 15 is 0 Å². The highest BCUT2D eigenvalue weighted by Crippen LogP contribution is 2.26. The zero-order valence-corrected chi connectivity index (χ0v) is 16.8. The average Bonchev–Trinajstić information content (AvgIpc) is 3.30. The number of nitrogens with one attached hydrogen (secondary N) is 1. The Morgan fingerprint density at radius 1 is 1.28 bits per heavy atom. The van der Waals surface area contributed by atoms with E-state index in [4.69, 9.17) is 0 Å². The number of likely N-dealkylation sites (tertiary alicyclic amines) is 1. The van der Waals surface area contributed by atoms with Gasteiger partial charge in [-0.15, -0.1) is 0 Å². The van der Waals surface area contributed by atoms with Crippen LogP contribution in [-0.2, 0) is 16.8 Å². The number of hydrogen-bond donors (Lipinski definition) is 1. The first-order chi connectivity index (χ1) is 13.7. The maximum Gasteiger partial charge on any atom is 0.347 e. The predicted molar refractivity (Wildman–Crippen MR) is 107 cm³/mol.